The number of carbonyl (C=O) groups excluding carboxylic acids is 1. The van der Waals surface area contributed by atoms with E-state index in [4.69, 9.17) is 14.2 Å². The van der Waals surface area contributed by atoms with E-state index in [0.717, 1.165) is 32.1 Å². The molecule has 2 heterocycles. The van der Waals surface area contributed by atoms with E-state index in [-0.39, 0.29) is 11.5 Å². The smallest absolute Gasteiger partial charge is 0.414 e. The maximum absolute atomic E-state index is 13.3. The molecule has 1 amide bonds. The lowest BCUT2D eigenvalue weighted by atomic mass is 9.86. The lowest BCUT2D eigenvalue weighted by Gasteiger charge is -2.34. The van der Waals surface area contributed by atoms with E-state index < -0.39 is 11.7 Å². The summed E-state index contributed by atoms with van der Waals surface area (Å²) in [5.41, 5.74) is 0.372. The number of fused-ring (bicyclic) bond motifs is 1. The molecule has 0 aromatic carbocycles. The minimum Gasteiger partial charge on any atom is -0.470 e. The van der Waals surface area contributed by atoms with Crippen molar-refractivity contribution in [2.24, 2.45) is 5.92 Å². The van der Waals surface area contributed by atoms with Crippen LogP contribution in [0.2, 0.25) is 0 Å². The summed E-state index contributed by atoms with van der Waals surface area (Å²) >= 11 is 0. The lowest BCUT2D eigenvalue weighted by Crippen LogP contribution is -2.40. The standard InChI is InChI=1S/C25H40N4O4/c1-7-31-16-11-19(2)18-28(23(30)33-24(3,4)5)20-17-21(27-29-15-14-26-22(20)29)32-25(6)12-9-8-10-13-25/h14-15,17,19H,7-13,16,18H2,1-6H3. The monoisotopic (exact) mass is 460 g/mol. The van der Waals surface area contributed by atoms with Crippen molar-refractivity contribution in [2.45, 2.75) is 91.3 Å². The van der Waals surface area contributed by atoms with Crippen molar-refractivity contribution >= 4 is 17.4 Å². The molecule has 0 N–H and O–H groups in total. The number of anilines is 1. The van der Waals surface area contributed by atoms with Gasteiger partial charge in [0.05, 0.1) is 5.69 Å². The van der Waals surface area contributed by atoms with Crippen LogP contribution in [-0.2, 0) is 9.47 Å². The van der Waals surface area contributed by atoms with Crippen molar-refractivity contribution in [2.75, 3.05) is 24.7 Å². The molecular formula is C25H40N4O4. The fraction of sp³-hybridized carbons (Fsp3) is 0.720. The third kappa shape index (κ3) is 7.06. The van der Waals surface area contributed by atoms with Gasteiger partial charge in [0.2, 0.25) is 5.88 Å². The Balaban J connectivity index is 1.94. The molecule has 3 rings (SSSR count). The average molecular weight is 461 g/mol. The quantitative estimate of drug-likeness (QED) is 0.451. The van der Waals surface area contributed by atoms with Crippen molar-refractivity contribution in [3.05, 3.63) is 18.5 Å². The van der Waals surface area contributed by atoms with Crippen LogP contribution in [0.3, 0.4) is 0 Å². The number of ether oxygens (including phenoxy) is 3. The molecular weight excluding hydrogens is 420 g/mol. The molecule has 0 saturated heterocycles. The van der Waals surface area contributed by atoms with E-state index in [1.54, 1.807) is 21.8 Å². The SMILES string of the molecule is CCOCCC(C)CN(C(=O)OC(C)(C)C)c1cc(OC2(C)CCCCC2)nn2ccnc12. The Morgan fingerprint density at radius 1 is 1.27 bits per heavy atom. The Kier molecular flexibility index (Phi) is 8.21. The molecule has 8 nitrogen and oxygen atoms in total. The van der Waals surface area contributed by atoms with Crippen LogP contribution >= 0.6 is 0 Å². The predicted octanol–water partition coefficient (Wildman–Crippen LogP) is 5.64. The molecule has 8 heteroatoms. The third-order valence-corrected chi connectivity index (χ3v) is 5.94. The zero-order valence-electron chi connectivity index (χ0n) is 21.1. The normalized spacial score (nSPS) is 17.0. The van der Waals surface area contributed by atoms with Crippen molar-refractivity contribution in [3.63, 3.8) is 0 Å². The lowest BCUT2D eigenvalue weighted by molar-refractivity contribution is 0.0429. The molecule has 1 aliphatic rings. The second-order valence-corrected chi connectivity index (χ2v) is 10.4. The van der Waals surface area contributed by atoms with Gasteiger partial charge in [-0.05, 0) is 72.6 Å². The number of carbonyl (C=O) groups is 1. The molecule has 1 saturated carbocycles. The van der Waals surface area contributed by atoms with Gasteiger partial charge in [0.25, 0.3) is 0 Å². The summed E-state index contributed by atoms with van der Waals surface area (Å²) in [6, 6.07) is 1.83. The van der Waals surface area contributed by atoms with Crippen LogP contribution in [-0.4, -0.2) is 51.7 Å². The van der Waals surface area contributed by atoms with Crippen LogP contribution in [0.5, 0.6) is 5.88 Å². The summed E-state index contributed by atoms with van der Waals surface area (Å²) in [6.07, 6.45) is 9.43. The van der Waals surface area contributed by atoms with Crippen LogP contribution in [0.25, 0.3) is 5.65 Å². The van der Waals surface area contributed by atoms with Crippen LogP contribution in [0.15, 0.2) is 18.5 Å². The van der Waals surface area contributed by atoms with Crippen molar-refractivity contribution in [3.8, 4) is 5.88 Å². The van der Waals surface area contributed by atoms with Gasteiger partial charge >= 0.3 is 6.09 Å². The van der Waals surface area contributed by atoms with Crippen molar-refractivity contribution < 1.29 is 19.0 Å². The topological polar surface area (TPSA) is 78.2 Å². The molecule has 2 aromatic rings. The van der Waals surface area contributed by atoms with Crippen LogP contribution < -0.4 is 9.64 Å². The molecule has 184 valence electrons. The Bertz CT molecular complexity index is 915. The molecule has 33 heavy (non-hydrogen) atoms. The van der Waals surface area contributed by atoms with Gasteiger partial charge in [0.1, 0.15) is 11.2 Å². The molecule has 2 aromatic heterocycles. The van der Waals surface area contributed by atoms with E-state index in [1.165, 1.54) is 6.42 Å². The largest absolute Gasteiger partial charge is 0.470 e. The van der Waals surface area contributed by atoms with Crippen LogP contribution in [0.4, 0.5) is 10.5 Å². The van der Waals surface area contributed by atoms with E-state index in [9.17, 15) is 4.79 Å². The fourth-order valence-electron chi connectivity index (χ4n) is 4.20. The minimum atomic E-state index is -0.614. The van der Waals surface area contributed by atoms with Gasteiger partial charge in [0.15, 0.2) is 5.65 Å². The first kappa shape index (κ1) is 25.3. The summed E-state index contributed by atoms with van der Waals surface area (Å²) in [5.74, 6) is 0.697. The van der Waals surface area contributed by atoms with Crippen LogP contribution in [0, 0.1) is 5.92 Å². The van der Waals surface area contributed by atoms with Crippen LogP contribution in [0.1, 0.15) is 80.1 Å². The molecule has 1 unspecified atom stereocenters. The first-order valence-corrected chi connectivity index (χ1v) is 12.2. The maximum atomic E-state index is 13.3. The van der Waals surface area contributed by atoms with Gasteiger partial charge in [-0.1, -0.05) is 13.3 Å². The van der Waals surface area contributed by atoms with Gasteiger partial charge in [0, 0.05) is 38.2 Å². The zero-order chi connectivity index (χ0) is 24.1. The fourth-order valence-corrected chi connectivity index (χ4v) is 4.20. The van der Waals surface area contributed by atoms with Gasteiger partial charge in [-0.2, -0.15) is 0 Å². The Morgan fingerprint density at radius 3 is 2.67 bits per heavy atom. The number of hydrogen-bond donors (Lipinski definition) is 0. The van der Waals surface area contributed by atoms with Crippen molar-refractivity contribution in [1.29, 1.82) is 0 Å². The molecule has 0 bridgehead atoms. The molecule has 1 atom stereocenters. The van der Waals surface area contributed by atoms with E-state index >= 15 is 0 Å². The molecule has 1 aliphatic carbocycles. The number of hydrogen-bond acceptors (Lipinski definition) is 6. The summed E-state index contributed by atoms with van der Waals surface area (Å²) in [6.45, 7) is 13.7. The average Bonchev–Trinajstić information content (AvgIpc) is 3.19. The number of imidazole rings is 1. The Labute approximate surface area is 197 Å². The summed E-state index contributed by atoms with van der Waals surface area (Å²) in [5, 5.41) is 4.62. The maximum Gasteiger partial charge on any atom is 0.414 e. The van der Waals surface area contributed by atoms with Gasteiger partial charge < -0.3 is 14.2 Å². The zero-order valence-corrected chi connectivity index (χ0v) is 21.1. The highest BCUT2D eigenvalue weighted by Gasteiger charge is 2.31. The summed E-state index contributed by atoms with van der Waals surface area (Å²) in [4.78, 5) is 19.5. The molecule has 0 radical (unpaired) electrons. The third-order valence-electron chi connectivity index (χ3n) is 5.94. The highest BCUT2D eigenvalue weighted by Crippen LogP contribution is 2.34. The van der Waals surface area contributed by atoms with Gasteiger partial charge in [-0.25, -0.2) is 14.3 Å². The first-order valence-electron chi connectivity index (χ1n) is 12.2. The van der Waals surface area contributed by atoms with Gasteiger partial charge in [-0.3, -0.25) is 4.90 Å². The number of amides is 1. The second-order valence-electron chi connectivity index (χ2n) is 10.4. The minimum absolute atomic E-state index is 0.201. The first-order chi connectivity index (χ1) is 15.6. The molecule has 1 fully saturated rings. The molecule has 0 spiro atoms. The summed E-state index contributed by atoms with van der Waals surface area (Å²) in [7, 11) is 0. The van der Waals surface area contributed by atoms with Crippen molar-refractivity contribution in [1.82, 2.24) is 14.6 Å². The van der Waals surface area contributed by atoms with E-state index in [2.05, 4.69) is 23.9 Å². The number of rotatable bonds is 9. The summed E-state index contributed by atoms with van der Waals surface area (Å²) < 4.78 is 19.4. The molecule has 0 aliphatic heterocycles. The highest BCUT2D eigenvalue weighted by atomic mass is 16.6. The Hall–Kier alpha value is -2.35. The Morgan fingerprint density at radius 2 is 2.00 bits per heavy atom. The van der Waals surface area contributed by atoms with E-state index in [1.807, 2.05) is 33.8 Å². The van der Waals surface area contributed by atoms with Gasteiger partial charge in [-0.15, -0.1) is 5.10 Å². The number of nitrogens with zero attached hydrogens (tertiary/aromatic N) is 4. The number of aromatic nitrogens is 3. The predicted molar refractivity (Wildman–Crippen MR) is 129 cm³/mol. The highest BCUT2D eigenvalue weighted by molar-refractivity contribution is 5.92. The van der Waals surface area contributed by atoms with E-state index in [0.29, 0.717) is 37.0 Å². The second kappa shape index (κ2) is 10.7.